The lowest BCUT2D eigenvalue weighted by Crippen LogP contribution is -2.14. The largest absolute Gasteiger partial charge is 0.330 e. The Bertz CT molecular complexity index is 562. The maximum atomic E-state index is 11.7. The second-order valence-corrected chi connectivity index (χ2v) is 4.13. The fourth-order valence-electron chi connectivity index (χ4n) is 1.72. The van der Waals surface area contributed by atoms with E-state index in [0.717, 1.165) is 17.4 Å². The molecule has 3 N–H and O–H groups in total. The summed E-state index contributed by atoms with van der Waals surface area (Å²) in [6.07, 6.45) is 1.52. The molecule has 0 unspecified atom stereocenters. The van der Waals surface area contributed by atoms with E-state index in [9.17, 15) is 4.79 Å². The molecule has 0 atom stereocenters. The molecule has 4 heteroatoms. The first-order valence-electron chi connectivity index (χ1n) is 5.23. The van der Waals surface area contributed by atoms with Crippen LogP contribution in [0.25, 0.3) is 10.9 Å². The Morgan fingerprint density at radius 2 is 2.19 bits per heavy atom. The molecule has 0 saturated heterocycles. The number of rotatable bonds is 3. The van der Waals surface area contributed by atoms with Gasteiger partial charge in [-0.1, -0.05) is 23.7 Å². The first-order chi connectivity index (χ1) is 7.72. The monoisotopic (exact) mass is 236 g/mol. The summed E-state index contributed by atoms with van der Waals surface area (Å²) in [5.74, 6) is 0. The van der Waals surface area contributed by atoms with Crippen molar-refractivity contribution in [2.45, 2.75) is 12.8 Å². The van der Waals surface area contributed by atoms with Gasteiger partial charge in [-0.05, 0) is 31.5 Å². The van der Waals surface area contributed by atoms with Gasteiger partial charge in [-0.25, -0.2) is 0 Å². The zero-order chi connectivity index (χ0) is 11.5. The smallest absolute Gasteiger partial charge is 0.251 e. The van der Waals surface area contributed by atoms with E-state index in [4.69, 9.17) is 17.3 Å². The topological polar surface area (TPSA) is 58.9 Å². The van der Waals surface area contributed by atoms with Crippen molar-refractivity contribution < 1.29 is 0 Å². The Morgan fingerprint density at radius 3 is 2.94 bits per heavy atom. The summed E-state index contributed by atoms with van der Waals surface area (Å²) in [4.78, 5) is 14.5. The summed E-state index contributed by atoms with van der Waals surface area (Å²) in [6, 6.07) is 7.45. The Morgan fingerprint density at radius 1 is 1.38 bits per heavy atom. The van der Waals surface area contributed by atoms with E-state index in [2.05, 4.69) is 4.98 Å². The quantitative estimate of drug-likeness (QED) is 0.857. The molecule has 0 radical (unpaired) electrons. The van der Waals surface area contributed by atoms with E-state index >= 15 is 0 Å². The van der Waals surface area contributed by atoms with Crippen LogP contribution >= 0.6 is 11.6 Å². The molecule has 2 rings (SSSR count). The average Bonchev–Trinajstić information content (AvgIpc) is 2.28. The van der Waals surface area contributed by atoms with Gasteiger partial charge in [-0.2, -0.15) is 0 Å². The van der Waals surface area contributed by atoms with Crippen LogP contribution in [0, 0.1) is 0 Å². The fourth-order valence-corrected chi connectivity index (χ4v) is 1.95. The Labute approximate surface area is 98.2 Å². The van der Waals surface area contributed by atoms with Crippen LogP contribution in [0.5, 0.6) is 0 Å². The molecule has 0 saturated carbocycles. The van der Waals surface area contributed by atoms with Crippen molar-refractivity contribution in [3.8, 4) is 0 Å². The van der Waals surface area contributed by atoms with Crippen molar-refractivity contribution in [2.75, 3.05) is 6.54 Å². The van der Waals surface area contributed by atoms with Crippen molar-refractivity contribution in [3.63, 3.8) is 0 Å². The molecule has 0 fully saturated rings. The molecule has 0 aliphatic carbocycles. The third kappa shape index (κ3) is 2.10. The minimum Gasteiger partial charge on any atom is -0.330 e. The van der Waals surface area contributed by atoms with Crippen molar-refractivity contribution >= 4 is 22.5 Å². The summed E-state index contributed by atoms with van der Waals surface area (Å²) in [7, 11) is 0. The minimum absolute atomic E-state index is 0.0750. The molecule has 0 amide bonds. The third-order valence-electron chi connectivity index (χ3n) is 2.56. The number of nitrogens with one attached hydrogen (secondary N) is 1. The molecule has 1 aromatic heterocycles. The number of para-hydroxylation sites is 1. The van der Waals surface area contributed by atoms with Crippen LogP contribution in [-0.2, 0) is 6.42 Å². The third-order valence-corrected chi connectivity index (χ3v) is 2.87. The fraction of sp³-hybridized carbons (Fsp3) is 0.250. The van der Waals surface area contributed by atoms with E-state index in [0.29, 0.717) is 23.5 Å². The highest BCUT2D eigenvalue weighted by Gasteiger charge is 2.04. The van der Waals surface area contributed by atoms with Gasteiger partial charge in [0, 0.05) is 10.9 Å². The van der Waals surface area contributed by atoms with E-state index in [1.54, 1.807) is 6.07 Å². The number of aromatic nitrogens is 1. The van der Waals surface area contributed by atoms with Gasteiger partial charge in [0.15, 0.2) is 0 Å². The normalized spacial score (nSPS) is 10.9. The molecule has 2 aromatic rings. The predicted molar refractivity (Wildman–Crippen MR) is 67.0 cm³/mol. The number of hydrogen-bond donors (Lipinski definition) is 2. The summed E-state index contributed by atoms with van der Waals surface area (Å²) >= 11 is 6.00. The lowest BCUT2D eigenvalue weighted by Gasteiger charge is -2.03. The highest BCUT2D eigenvalue weighted by atomic mass is 35.5. The maximum Gasteiger partial charge on any atom is 0.251 e. The van der Waals surface area contributed by atoms with Gasteiger partial charge in [0.25, 0.3) is 5.56 Å². The number of fused-ring (bicyclic) bond motifs is 1. The van der Waals surface area contributed by atoms with Crippen LogP contribution in [0.3, 0.4) is 0 Å². The van der Waals surface area contributed by atoms with E-state index in [-0.39, 0.29) is 5.56 Å². The molecule has 0 spiro atoms. The predicted octanol–water partition coefficient (Wildman–Crippen LogP) is 2.07. The zero-order valence-electron chi connectivity index (χ0n) is 8.79. The van der Waals surface area contributed by atoms with Crippen molar-refractivity contribution in [2.24, 2.45) is 5.73 Å². The second kappa shape index (κ2) is 4.68. The van der Waals surface area contributed by atoms with Gasteiger partial charge in [-0.15, -0.1) is 0 Å². The number of H-pyrrole nitrogens is 1. The second-order valence-electron chi connectivity index (χ2n) is 3.72. The van der Waals surface area contributed by atoms with Gasteiger partial charge in [0.2, 0.25) is 0 Å². The van der Waals surface area contributed by atoms with Gasteiger partial charge < -0.3 is 10.7 Å². The molecule has 84 valence electrons. The number of aryl methyl sites for hydroxylation is 1. The number of nitrogens with two attached hydrogens (primary N) is 1. The SMILES string of the molecule is NCCCc1cc2cccc(Cl)c2[nH]c1=O. The molecule has 0 aliphatic rings. The van der Waals surface area contributed by atoms with E-state index < -0.39 is 0 Å². The Kier molecular flexibility index (Phi) is 3.27. The maximum absolute atomic E-state index is 11.7. The van der Waals surface area contributed by atoms with E-state index in [1.807, 2.05) is 18.2 Å². The molecule has 16 heavy (non-hydrogen) atoms. The number of halogens is 1. The van der Waals surface area contributed by atoms with Crippen LogP contribution in [0.15, 0.2) is 29.1 Å². The molecule has 1 heterocycles. The first-order valence-corrected chi connectivity index (χ1v) is 5.60. The summed E-state index contributed by atoms with van der Waals surface area (Å²) < 4.78 is 0. The first kappa shape index (κ1) is 11.2. The summed E-state index contributed by atoms with van der Waals surface area (Å²) in [5.41, 5.74) is 6.82. The van der Waals surface area contributed by atoms with Crippen molar-refractivity contribution in [1.29, 1.82) is 0 Å². The van der Waals surface area contributed by atoms with Crippen LogP contribution < -0.4 is 11.3 Å². The van der Waals surface area contributed by atoms with Gasteiger partial charge in [0.1, 0.15) is 0 Å². The average molecular weight is 237 g/mol. The van der Waals surface area contributed by atoms with Crippen molar-refractivity contribution in [1.82, 2.24) is 4.98 Å². The van der Waals surface area contributed by atoms with Crippen LogP contribution in [0.2, 0.25) is 5.02 Å². The van der Waals surface area contributed by atoms with Gasteiger partial charge in [0.05, 0.1) is 10.5 Å². The molecule has 3 nitrogen and oxygen atoms in total. The van der Waals surface area contributed by atoms with Gasteiger partial charge >= 0.3 is 0 Å². The van der Waals surface area contributed by atoms with Crippen LogP contribution in [0.4, 0.5) is 0 Å². The van der Waals surface area contributed by atoms with E-state index in [1.165, 1.54) is 0 Å². The Hall–Kier alpha value is -1.32. The number of benzene rings is 1. The summed E-state index contributed by atoms with van der Waals surface area (Å²) in [5, 5.41) is 1.53. The summed E-state index contributed by atoms with van der Waals surface area (Å²) in [6.45, 7) is 0.590. The lowest BCUT2D eigenvalue weighted by atomic mass is 10.1. The minimum atomic E-state index is -0.0750. The lowest BCUT2D eigenvalue weighted by molar-refractivity contribution is 0.824. The number of aromatic amines is 1. The highest BCUT2D eigenvalue weighted by Crippen LogP contribution is 2.20. The molecular formula is C12H13ClN2O. The van der Waals surface area contributed by atoms with Crippen LogP contribution in [0.1, 0.15) is 12.0 Å². The molecule has 0 aliphatic heterocycles. The zero-order valence-corrected chi connectivity index (χ0v) is 9.55. The number of hydrogen-bond acceptors (Lipinski definition) is 2. The van der Waals surface area contributed by atoms with Gasteiger partial charge in [-0.3, -0.25) is 4.79 Å². The number of pyridine rings is 1. The standard InChI is InChI=1S/C12H13ClN2O/c13-10-5-1-3-8-7-9(4-2-6-14)12(16)15-11(8)10/h1,3,5,7H,2,4,6,14H2,(H,15,16). The molecular weight excluding hydrogens is 224 g/mol. The molecule has 0 bridgehead atoms. The molecule has 1 aromatic carbocycles. The highest BCUT2D eigenvalue weighted by molar-refractivity contribution is 6.35. The van der Waals surface area contributed by atoms with Crippen molar-refractivity contribution in [3.05, 3.63) is 45.2 Å². The van der Waals surface area contributed by atoms with Crippen LogP contribution in [-0.4, -0.2) is 11.5 Å². The Balaban J connectivity index is 2.54.